The lowest BCUT2D eigenvalue weighted by Gasteiger charge is -2.39. The average molecular weight is 377 g/mol. The standard InChI is InChI=1S/C19H18ClFN2O3/c20-13-6-16-11(5-14(13)21)18(24)12(8-23(16)9-1-2-9)19(25)22-15-7-17-10(15)3-4-26-17/h5-6,8-10,15,17H,1-4,7H2,(H,22,25)/t10-,15-,17+/m1/s1. The molecule has 2 aromatic rings. The quantitative estimate of drug-likeness (QED) is 0.895. The molecule has 5 rings (SSSR count). The zero-order valence-electron chi connectivity index (χ0n) is 14.0. The number of rotatable bonds is 3. The molecule has 2 saturated carbocycles. The number of aromatic nitrogens is 1. The van der Waals surface area contributed by atoms with Gasteiger partial charge in [-0.2, -0.15) is 0 Å². The summed E-state index contributed by atoms with van der Waals surface area (Å²) in [7, 11) is 0. The molecule has 136 valence electrons. The van der Waals surface area contributed by atoms with E-state index < -0.39 is 17.2 Å². The van der Waals surface area contributed by atoms with Crippen molar-refractivity contribution in [2.24, 2.45) is 5.92 Å². The van der Waals surface area contributed by atoms with Gasteiger partial charge in [-0.3, -0.25) is 9.59 Å². The molecule has 26 heavy (non-hydrogen) atoms. The third-order valence-electron chi connectivity index (χ3n) is 5.84. The lowest BCUT2D eigenvalue weighted by molar-refractivity contribution is 0.00807. The summed E-state index contributed by atoms with van der Waals surface area (Å²) in [6.07, 6.45) is 5.49. The average Bonchev–Trinajstić information content (AvgIpc) is 3.37. The van der Waals surface area contributed by atoms with Crippen molar-refractivity contribution < 1.29 is 13.9 Å². The van der Waals surface area contributed by atoms with Crippen LogP contribution in [0.4, 0.5) is 4.39 Å². The number of carbonyl (C=O) groups excluding carboxylic acids is 1. The van der Waals surface area contributed by atoms with Crippen molar-refractivity contribution in [2.75, 3.05) is 6.61 Å². The molecule has 2 heterocycles. The van der Waals surface area contributed by atoms with Gasteiger partial charge in [-0.05, 0) is 37.8 Å². The van der Waals surface area contributed by atoms with E-state index in [1.54, 1.807) is 6.20 Å². The van der Waals surface area contributed by atoms with E-state index >= 15 is 0 Å². The normalized spacial score (nSPS) is 27.2. The minimum Gasteiger partial charge on any atom is -0.378 e. The molecule has 7 heteroatoms. The minimum atomic E-state index is -0.652. The van der Waals surface area contributed by atoms with Crippen LogP contribution < -0.4 is 10.7 Å². The van der Waals surface area contributed by atoms with Crippen molar-refractivity contribution in [3.8, 4) is 0 Å². The van der Waals surface area contributed by atoms with Gasteiger partial charge in [0.05, 0.1) is 16.6 Å². The number of hydrogen-bond donors (Lipinski definition) is 1. The van der Waals surface area contributed by atoms with E-state index in [9.17, 15) is 14.0 Å². The van der Waals surface area contributed by atoms with Gasteiger partial charge in [-0.1, -0.05) is 11.6 Å². The molecule has 1 amide bonds. The van der Waals surface area contributed by atoms with E-state index in [2.05, 4.69) is 5.32 Å². The van der Waals surface area contributed by atoms with Gasteiger partial charge in [0.25, 0.3) is 5.91 Å². The number of halogens is 2. The number of carbonyl (C=O) groups is 1. The number of pyridine rings is 1. The molecular weight excluding hydrogens is 359 g/mol. The Bertz CT molecular complexity index is 985. The molecule has 1 saturated heterocycles. The lowest BCUT2D eigenvalue weighted by atomic mass is 9.76. The van der Waals surface area contributed by atoms with Crippen molar-refractivity contribution in [3.05, 3.63) is 45.0 Å². The predicted molar refractivity (Wildman–Crippen MR) is 95.2 cm³/mol. The molecule has 1 aliphatic heterocycles. The number of nitrogens with zero attached hydrogens (tertiary/aromatic N) is 1. The van der Waals surface area contributed by atoms with Crippen molar-refractivity contribution in [3.63, 3.8) is 0 Å². The van der Waals surface area contributed by atoms with Crippen LogP contribution in [0, 0.1) is 11.7 Å². The lowest BCUT2D eigenvalue weighted by Crippen LogP contribution is -2.54. The maximum Gasteiger partial charge on any atom is 0.257 e. The summed E-state index contributed by atoms with van der Waals surface area (Å²) in [6, 6.07) is 2.88. The fourth-order valence-electron chi connectivity index (χ4n) is 4.17. The van der Waals surface area contributed by atoms with Crippen LogP contribution in [0.2, 0.25) is 5.02 Å². The zero-order valence-corrected chi connectivity index (χ0v) is 14.8. The minimum absolute atomic E-state index is 0.0229. The Morgan fingerprint density at radius 1 is 1.31 bits per heavy atom. The van der Waals surface area contributed by atoms with E-state index in [4.69, 9.17) is 16.3 Å². The van der Waals surface area contributed by atoms with Gasteiger partial charge in [0, 0.05) is 36.2 Å². The first-order valence-corrected chi connectivity index (χ1v) is 9.37. The van der Waals surface area contributed by atoms with Crippen LogP contribution in [-0.2, 0) is 4.74 Å². The van der Waals surface area contributed by atoms with Crippen LogP contribution in [0.25, 0.3) is 10.9 Å². The highest BCUT2D eigenvalue weighted by Gasteiger charge is 2.46. The largest absolute Gasteiger partial charge is 0.378 e. The SMILES string of the molecule is O=C(N[C@@H]1C[C@@H]2OCC[C@@H]21)c1cn(C2CC2)c2cc(Cl)c(F)cc2c1=O. The fourth-order valence-corrected chi connectivity index (χ4v) is 4.33. The molecule has 2 aliphatic carbocycles. The molecule has 3 atom stereocenters. The van der Waals surface area contributed by atoms with Gasteiger partial charge in [0.2, 0.25) is 5.43 Å². The van der Waals surface area contributed by atoms with E-state index in [0.717, 1.165) is 38.4 Å². The predicted octanol–water partition coefficient (Wildman–Crippen LogP) is 3.04. The third kappa shape index (κ3) is 2.47. The van der Waals surface area contributed by atoms with Gasteiger partial charge < -0.3 is 14.6 Å². The van der Waals surface area contributed by atoms with Gasteiger partial charge >= 0.3 is 0 Å². The topological polar surface area (TPSA) is 60.3 Å². The molecule has 3 fully saturated rings. The molecule has 0 unspecified atom stereocenters. The zero-order chi connectivity index (χ0) is 18.0. The Morgan fingerprint density at radius 2 is 2.12 bits per heavy atom. The van der Waals surface area contributed by atoms with Gasteiger partial charge in [0.1, 0.15) is 11.4 Å². The summed E-state index contributed by atoms with van der Waals surface area (Å²) in [4.78, 5) is 25.6. The summed E-state index contributed by atoms with van der Waals surface area (Å²) in [5.41, 5.74) is 0.186. The monoisotopic (exact) mass is 376 g/mol. The van der Waals surface area contributed by atoms with Crippen LogP contribution in [0.5, 0.6) is 0 Å². The Labute approximate surface area is 154 Å². The maximum atomic E-state index is 13.9. The maximum absolute atomic E-state index is 13.9. The van der Waals surface area contributed by atoms with Gasteiger partial charge in [-0.15, -0.1) is 0 Å². The van der Waals surface area contributed by atoms with E-state index in [1.165, 1.54) is 6.07 Å². The highest BCUT2D eigenvalue weighted by Crippen LogP contribution is 2.39. The first-order chi connectivity index (χ1) is 12.5. The molecule has 0 bridgehead atoms. The number of hydrogen-bond acceptors (Lipinski definition) is 3. The van der Waals surface area contributed by atoms with Crippen molar-refractivity contribution in [1.82, 2.24) is 9.88 Å². The molecular formula is C19H18ClFN2O3. The summed E-state index contributed by atoms with van der Waals surface area (Å²) in [5, 5.41) is 3.14. The molecule has 1 aromatic heterocycles. The van der Waals surface area contributed by atoms with Crippen molar-refractivity contribution >= 4 is 28.4 Å². The summed E-state index contributed by atoms with van der Waals surface area (Å²) < 4.78 is 21.4. The first kappa shape index (κ1) is 16.3. The molecule has 1 N–H and O–H groups in total. The Kier molecular flexibility index (Phi) is 3.62. The van der Waals surface area contributed by atoms with Crippen molar-refractivity contribution in [2.45, 2.75) is 43.9 Å². The Balaban J connectivity index is 1.55. The Hall–Kier alpha value is -1.92. The van der Waals surface area contributed by atoms with E-state index in [0.29, 0.717) is 11.4 Å². The van der Waals surface area contributed by atoms with E-state index in [1.807, 2.05) is 4.57 Å². The van der Waals surface area contributed by atoms with Crippen molar-refractivity contribution in [1.29, 1.82) is 0 Å². The molecule has 3 aliphatic rings. The summed E-state index contributed by atoms with van der Waals surface area (Å²) in [5.74, 6) is -0.709. The highest BCUT2D eigenvalue weighted by molar-refractivity contribution is 6.31. The van der Waals surface area contributed by atoms with Gasteiger partial charge in [-0.25, -0.2) is 4.39 Å². The first-order valence-electron chi connectivity index (χ1n) is 8.99. The molecule has 0 radical (unpaired) electrons. The van der Waals surface area contributed by atoms with Crippen LogP contribution in [0.3, 0.4) is 0 Å². The summed E-state index contributed by atoms with van der Waals surface area (Å²) >= 11 is 5.90. The van der Waals surface area contributed by atoms with E-state index in [-0.39, 0.29) is 34.2 Å². The number of nitrogens with one attached hydrogen (secondary N) is 1. The fraction of sp³-hybridized carbons (Fsp3) is 0.474. The smallest absolute Gasteiger partial charge is 0.257 e. The van der Waals surface area contributed by atoms with Gasteiger partial charge in [0.15, 0.2) is 0 Å². The molecule has 5 nitrogen and oxygen atoms in total. The van der Waals surface area contributed by atoms with Crippen LogP contribution in [0.1, 0.15) is 42.1 Å². The molecule has 0 spiro atoms. The number of amides is 1. The Morgan fingerprint density at radius 3 is 2.85 bits per heavy atom. The second-order valence-corrected chi connectivity index (χ2v) is 7.88. The highest BCUT2D eigenvalue weighted by atomic mass is 35.5. The number of fused-ring (bicyclic) bond motifs is 2. The number of benzene rings is 1. The van der Waals surface area contributed by atoms with Crippen LogP contribution in [-0.4, -0.2) is 29.2 Å². The summed E-state index contributed by atoms with van der Waals surface area (Å²) in [6.45, 7) is 0.728. The third-order valence-corrected chi connectivity index (χ3v) is 6.13. The van der Waals surface area contributed by atoms with Crippen LogP contribution in [0.15, 0.2) is 23.1 Å². The number of ether oxygens (including phenoxy) is 1. The second-order valence-electron chi connectivity index (χ2n) is 7.47. The molecule has 1 aromatic carbocycles. The van der Waals surface area contributed by atoms with Crippen LogP contribution >= 0.6 is 11.6 Å². The second kappa shape index (κ2) is 5.79.